The summed E-state index contributed by atoms with van der Waals surface area (Å²) in [6, 6.07) is 21.1. The van der Waals surface area contributed by atoms with E-state index in [0.29, 0.717) is 20.7 Å². The van der Waals surface area contributed by atoms with E-state index in [-0.39, 0.29) is 23.4 Å². The first-order chi connectivity index (χ1) is 18.7. The van der Waals surface area contributed by atoms with Crippen LogP contribution in [0.4, 0.5) is 5.69 Å². The zero-order valence-electron chi connectivity index (χ0n) is 21.6. The molecule has 3 aromatic rings. The standard InChI is InChI=1S/C29H31BrClN3O4S/c1-21(29(36)32-24-12-6-7-13-24)33(19-22-10-5-8-17-27(22)31)28(35)20-34(25-14-9-11-23(30)18-25)39(37,38)26-15-3-2-4-16-26/h2-5,8-11,14-18,21,24H,6-7,12-13,19-20H2,1H3,(H,32,36). The highest BCUT2D eigenvalue weighted by molar-refractivity contribution is 9.10. The molecule has 1 saturated carbocycles. The number of sulfonamides is 1. The van der Waals surface area contributed by atoms with Crippen molar-refractivity contribution in [2.24, 2.45) is 0 Å². The van der Waals surface area contributed by atoms with Crippen LogP contribution in [0.25, 0.3) is 0 Å². The SMILES string of the molecule is CC(C(=O)NC1CCCC1)N(Cc1ccccc1Cl)C(=O)CN(c1cccc(Br)c1)S(=O)(=O)c1ccccc1. The van der Waals surface area contributed by atoms with Gasteiger partial charge in [0.2, 0.25) is 11.8 Å². The first-order valence-electron chi connectivity index (χ1n) is 12.8. The lowest BCUT2D eigenvalue weighted by atomic mass is 10.1. The van der Waals surface area contributed by atoms with E-state index in [0.717, 1.165) is 30.0 Å². The number of benzene rings is 3. The van der Waals surface area contributed by atoms with Crippen molar-refractivity contribution >= 4 is 55.1 Å². The van der Waals surface area contributed by atoms with E-state index in [4.69, 9.17) is 11.6 Å². The Morgan fingerprint density at radius 3 is 2.33 bits per heavy atom. The Labute approximate surface area is 243 Å². The van der Waals surface area contributed by atoms with Gasteiger partial charge < -0.3 is 10.2 Å². The van der Waals surface area contributed by atoms with Crippen molar-refractivity contribution in [3.8, 4) is 0 Å². The molecule has 1 aliphatic carbocycles. The van der Waals surface area contributed by atoms with Gasteiger partial charge in [-0.25, -0.2) is 8.42 Å². The van der Waals surface area contributed by atoms with Crippen LogP contribution in [-0.2, 0) is 26.2 Å². The van der Waals surface area contributed by atoms with Crippen molar-refractivity contribution in [3.05, 3.63) is 93.9 Å². The number of hydrogen-bond donors (Lipinski definition) is 1. The molecule has 0 spiro atoms. The minimum Gasteiger partial charge on any atom is -0.352 e. The van der Waals surface area contributed by atoms with Gasteiger partial charge in [-0.1, -0.05) is 82.8 Å². The van der Waals surface area contributed by atoms with Crippen LogP contribution in [0.15, 0.2) is 88.2 Å². The average Bonchev–Trinajstić information content (AvgIpc) is 3.44. The van der Waals surface area contributed by atoms with Crippen LogP contribution in [0.1, 0.15) is 38.2 Å². The smallest absolute Gasteiger partial charge is 0.264 e. The second kappa shape index (κ2) is 13.0. The summed E-state index contributed by atoms with van der Waals surface area (Å²) >= 11 is 9.82. The quantitative estimate of drug-likeness (QED) is 0.307. The van der Waals surface area contributed by atoms with Crippen molar-refractivity contribution < 1.29 is 18.0 Å². The molecule has 2 amide bonds. The topological polar surface area (TPSA) is 86.8 Å². The Hall–Kier alpha value is -2.88. The molecule has 1 N–H and O–H groups in total. The third-order valence-corrected chi connectivity index (χ3v) is 9.52. The number of halogens is 2. The number of anilines is 1. The maximum atomic E-state index is 14.0. The number of carbonyl (C=O) groups is 2. The highest BCUT2D eigenvalue weighted by Crippen LogP contribution is 2.27. The second-order valence-electron chi connectivity index (χ2n) is 9.58. The minimum atomic E-state index is -4.11. The summed E-state index contributed by atoms with van der Waals surface area (Å²) in [7, 11) is -4.11. The Morgan fingerprint density at radius 1 is 1.00 bits per heavy atom. The monoisotopic (exact) mass is 631 g/mol. The van der Waals surface area contributed by atoms with Crippen LogP contribution in [0.5, 0.6) is 0 Å². The molecular weight excluding hydrogens is 602 g/mol. The summed E-state index contributed by atoms with van der Waals surface area (Å²) in [6.07, 6.45) is 3.92. The van der Waals surface area contributed by atoms with Crippen molar-refractivity contribution in [3.63, 3.8) is 0 Å². The van der Waals surface area contributed by atoms with Gasteiger partial charge in [0.25, 0.3) is 10.0 Å². The Kier molecular flexibility index (Phi) is 9.69. The van der Waals surface area contributed by atoms with Crippen LogP contribution in [0.3, 0.4) is 0 Å². The summed E-state index contributed by atoms with van der Waals surface area (Å²) in [5.41, 5.74) is 0.982. The lowest BCUT2D eigenvalue weighted by Crippen LogP contribution is -2.52. The molecular formula is C29H31BrClN3O4S. The van der Waals surface area contributed by atoms with E-state index in [1.165, 1.54) is 17.0 Å². The molecule has 0 heterocycles. The molecule has 1 aliphatic rings. The van der Waals surface area contributed by atoms with E-state index in [9.17, 15) is 18.0 Å². The summed E-state index contributed by atoms with van der Waals surface area (Å²) in [4.78, 5) is 28.7. The predicted octanol–water partition coefficient (Wildman–Crippen LogP) is 5.77. The van der Waals surface area contributed by atoms with Crippen LogP contribution in [0.2, 0.25) is 5.02 Å². The van der Waals surface area contributed by atoms with E-state index in [1.807, 2.05) is 0 Å². The molecule has 4 rings (SSSR count). The fourth-order valence-corrected chi connectivity index (χ4v) is 6.67. The molecule has 1 fully saturated rings. The first-order valence-corrected chi connectivity index (χ1v) is 15.4. The summed E-state index contributed by atoms with van der Waals surface area (Å²) in [5.74, 6) is -0.800. The molecule has 10 heteroatoms. The predicted molar refractivity (Wildman–Crippen MR) is 157 cm³/mol. The maximum absolute atomic E-state index is 14.0. The van der Waals surface area contributed by atoms with Crippen molar-refractivity contribution in [2.75, 3.05) is 10.8 Å². The molecule has 1 unspecified atom stereocenters. The number of nitrogens with zero attached hydrogens (tertiary/aromatic N) is 2. The van der Waals surface area contributed by atoms with Gasteiger partial charge in [-0.05, 0) is 61.7 Å². The molecule has 0 aliphatic heterocycles. The van der Waals surface area contributed by atoms with Crippen LogP contribution < -0.4 is 9.62 Å². The van der Waals surface area contributed by atoms with Crippen molar-refractivity contribution in [1.82, 2.24) is 10.2 Å². The molecule has 0 radical (unpaired) electrons. The molecule has 1 atom stereocenters. The first kappa shape index (κ1) is 29.1. The molecule has 3 aromatic carbocycles. The highest BCUT2D eigenvalue weighted by Gasteiger charge is 2.33. The fourth-order valence-electron chi connectivity index (χ4n) is 4.66. The average molecular weight is 633 g/mol. The van der Waals surface area contributed by atoms with Gasteiger partial charge in [0.1, 0.15) is 12.6 Å². The highest BCUT2D eigenvalue weighted by atomic mass is 79.9. The molecule has 7 nitrogen and oxygen atoms in total. The molecule has 206 valence electrons. The van der Waals surface area contributed by atoms with Crippen LogP contribution in [-0.4, -0.2) is 43.8 Å². The van der Waals surface area contributed by atoms with Crippen molar-refractivity contribution in [1.29, 1.82) is 0 Å². The van der Waals surface area contributed by atoms with E-state index in [1.54, 1.807) is 73.7 Å². The van der Waals surface area contributed by atoms with E-state index < -0.39 is 28.5 Å². The third-order valence-electron chi connectivity index (χ3n) is 6.87. The van der Waals surface area contributed by atoms with Gasteiger partial charge in [0.15, 0.2) is 0 Å². The Balaban J connectivity index is 1.69. The number of hydrogen-bond acceptors (Lipinski definition) is 4. The summed E-state index contributed by atoms with van der Waals surface area (Å²) in [5, 5.41) is 3.52. The number of nitrogens with one attached hydrogen (secondary N) is 1. The number of rotatable bonds is 10. The van der Waals surface area contributed by atoms with Gasteiger partial charge in [-0.15, -0.1) is 0 Å². The lowest BCUT2D eigenvalue weighted by Gasteiger charge is -2.32. The zero-order valence-corrected chi connectivity index (χ0v) is 24.8. The van der Waals surface area contributed by atoms with E-state index >= 15 is 0 Å². The zero-order chi connectivity index (χ0) is 28.0. The van der Waals surface area contributed by atoms with Gasteiger partial charge in [-0.2, -0.15) is 0 Å². The Morgan fingerprint density at radius 2 is 1.67 bits per heavy atom. The van der Waals surface area contributed by atoms with Gasteiger partial charge in [0, 0.05) is 22.1 Å². The van der Waals surface area contributed by atoms with Crippen LogP contribution in [0, 0.1) is 0 Å². The number of amides is 2. The largest absolute Gasteiger partial charge is 0.352 e. The van der Waals surface area contributed by atoms with Gasteiger partial charge in [-0.3, -0.25) is 13.9 Å². The minimum absolute atomic E-state index is 0.0511. The molecule has 0 aromatic heterocycles. The van der Waals surface area contributed by atoms with Gasteiger partial charge in [0.05, 0.1) is 10.6 Å². The second-order valence-corrected chi connectivity index (χ2v) is 12.8. The van der Waals surface area contributed by atoms with E-state index in [2.05, 4.69) is 21.2 Å². The normalized spacial score (nSPS) is 14.5. The summed E-state index contributed by atoms with van der Waals surface area (Å²) in [6.45, 7) is 1.21. The molecule has 39 heavy (non-hydrogen) atoms. The lowest BCUT2D eigenvalue weighted by molar-refractivity contribution is -0.139. The molecule has 0 bridgehead atoms. The van der Waals surface area contributed by atoms with Crippen LogP contribution >= 0.6 is 27.5 Å². The van der Waals surface area contributed by atoms with Gasteiger partial charge >= 0.3 is 0 Å². The third kappa shape index (κ3) is 7.21. The maximum Gasteiger partial charge on any atom is 0.264 e. The summed E-state index contributed by atoms with van der Waals surface area (Å²) < 4.78 is 29.3. The van der Waals surface area contributed by atoms with Crippen molar-refractivity contribution in [2.45, 2.75) is 56.1 Å². The fraction of sp³-hybridized carbons (Fsp3) is 0.310. The number of carbonyl (C=O) groups excluding carboxylic acids is 2. The molecule has 0 saturated heterocycles. The Bertz CT molecular complexity index is 1410.